The minimum absolute atomic E-state index is 0. The molecular formula is C26H40IN5. The molecule has 1 heterocycles. The second-order valence-electron chi connectivity index (χ2n) is 8.24. The number of unbranched alkanes of at least 4 members (excludes halogenated alkanes) is 1. The Hall–Kier alpha value is -1.64. The maximum atomic E-state index is 4.43. The average molecular weight is 550 g/mol. The van der Waals surface area contributed by atoms with Crippen molar-refractivity contribution in [2.75, 3.05) is 59.4 Å². The number of nitrogens with one attached hydrogen (secondary N) is 2. The third-order valence-electron chi connectivity index (χ3n) is 6.21. The zero-order valence-electron chi connectivity index (χ0n) is 19.7. The van der Waals surface area contributed by atoms with E-state index in [0.717, 1.165) is 25.5 Å². The van der Waals surface area contributed by atoms with Crippen LogP contribution in [0.1, 0.15) is 36.8 Å². The molecule has 2 N–H and O–H groups in total. The highest BCUT2D eigenvalue weighted by atomic mass is 127. The summed E-state index contributed by atoms with van der Waals surface area (Å²) in [4.78, 5) is 9.57. The number of guanidine groups is 1. The van der Waals surface area contributed by atoms with Crippen LogP contribution in [0.15, 0.2) is 65.7 Å². The summed E-state index contributed by atoms with van der Waals surface area (Å²) in [5.74, 6) is 1.18. The monoisotopic (exact) mass is 549 g/mol. The van der Waals surface area contributed by atoms with E-state index in [2.05, 4.69) is 93.0 Å². The molecule has 0 aromatic heterocycles. The van der Waals surface area contributed by atoms with Crippen LogP contribution in [0.4, 0.5) is 0 Å². The number of hydrogen-bond acceptors (Lipinski definition) is 3. The van der Waals surface area contributed by atoms with E-state index < -0.39 is 0 Å². The van der Waals surface area contributed by atoms with Crippen LogP contribution < -0.4 is 10.6 Å². The number of halogens is 1. The highest BCUT2D eigenvalue weighted by Gasteiger charge is 2.15. The Labute approximate surface area is 211 Å². The first-order valence-electron chi connectivity index (χ1n) is 11.8. The van der Waals surface area contributed by atoms with E-state index in [-0.39, 0.29) is 24.0 Å². The molecule has 32 heavy (non-hydrogen) atoms. The Morgan fingerprint density at radius 1 is 0.844 bits per heavy atom. The van der Waals surface area contributed by atoms with Crippen molar-refractivity contribution >= 4 is 29.9 Å². The fraction of sp³-hybridized carbons (Fsp3) is 0.500. The van der Waals surface area contributed by atoms with E-state index in [1.807, 2.05) is 7.05 Å². The first-order valence-corrected chi connectivity index (χ1v) is 11.8. The average Bonchev–Trinajstić information content (AvgIpc) is 2.84. The van der Waals surface area contributed by atoms with E-state index in [0.29, 0.717) is 5.92 Å². The summed E-state index contributed by atoms with van der Waals surface area (Å²) >= 11 is 0. The summed E-state index contributed by atoms with van der Waals surface area (Å²) in [6.45, 7) is 11.3. The third kappa shape index (κ3) is 8.71. The molecule has 5 nitrogen and oxygen atoms in total. The lowest BCUT2D eigenvalue weighted by atomic mass is 9.91. The molecule has 1 aliphatic heterocycles. The van der Waals surface area contributed by atoms with Gasteiger partial charge in [0.1, 0.15) is 0 Å². The summed E-state index contributed by atoms with van der Waals surface area (Å²) in [6, 6.07) is 21.4. The molecule has 0 bridgehead atoms. The minimum Gasteiger partial charge on any atom is -0.356 e. The van der Waals surface area contributed by atoms with Crippen molar-refractivity contribution in [3.8, 4) is 0 Å². The molecule has 0 atom stereocenters. The summed E-state index contributed by atoms with van der Waals surface area (Å²) in [5, 5.41) is 7.03. The molecule has 0 aliphatic carbocycles. The first kappa shape index (κ1) is 26.6. The molecule has 0 amide bonds. The van der Waals surface area contributed by atoms with Crippen LogP contribution >= 0.6 is 24.0 Å². The number of piperazine rings is 1. The summed E-state index contributed by atoms with van der Waals surface area (Å²) < 4.78 is 0. The van der Waals surface area contributed by atoms with E-state index >= 15 is 0 Å². The molecule has 1 fully saturated rings. The van der Waals surface area contributed by atoms with Gasteiger partial charge in [-0.25, -0.2) is 0 Å². The van der Waals surface area contributed by atoms with Crippen LogP contribution in [-0.4, -0.2) is 75.2 Å². The predicted octanol–water partition coefficient (Wildman–Crippen LogP) is 4.02. The van der Waals surface area contributed by atoms with Gasteiger partial charge in [0.25, 0.3) is 0 Å². The van der Waals surface area contributed by atoms with Crippen LogP contribution in [0, 0.1) is 0 Å². The van der Waals surface area contributed by atoms with Crippen molar-refractivity contribution in [1.29, 1.82) is 0 Å². The Kier molecular flexibility index (Phi) is 12.7. The summed E-state index contributed by atoms with van der Waals surface area (Å²) in [5.41, 5.74) is 2.64. The molecule has 0 spiro atoms. The lowest BCUT2D eigenvalue weighted by Gasteiger charge is -2.34. The molecule has 2 aromatic rings. The molecule has 0 radical (unpaired) electrons. The van der Waals surface area contributed by atoms with Gasteiger partial charge in [0.05, 0.1) is 0 Å². The standard InChI is InChI=1S/C26H39N5.HI/c1-3-30-18-20-31(21-19-30)17-11-10-16-28-26(27-2)29-22-25(23-12-6-4-7-13-23)24-14-8-5-9-15-24;/h4-9,12-15,25H,3,10-11,16-22H2,1-2H3,(H2,27,28,29);1H. The van der Waals surface area contributed by atoms with Crippen LogP contribution in [0.25, 0.3) is 0 Å². The van der Waals surface area contributed by atoms with Crippen LogP contribution in [0.5, 0.6) is 0 Å². The smallest absolute Gasteiger partial charge is 0.191 e. The summed E-state index contributed by atoms with van der Waals surface area (Å²) in [7, 11) is 1.85. The maximum Gasteiger partial charge on any atom is 0.191 e. The fourth-order valence-electron chi connectivity index (χ4n) is 4.21. The second kappa shape index (κ2) is 15.2. The second-order valence-corrected chi connectivity index (χ2v) is 8.24. The zero-order chi connectivity index (χ0) is 21.7. The number of benzene rings is 2. The largest absolute Gasteiger partial charge is 0.356 e. The molecule has 1 saturated heterocycles. The number of likely N-dealkylation sites (N-methyl/N-ethyl adjacent to an activating group) is 1. The Morgan fingerprint density at radius 2 is 1.41 bits per heavy atom. The number of aliphatic imine (C=N–C) groups is 1. The lowest BCUT2D eigenvalue weighted by Crippen LogP contribution is -2.46. The molecule has 0 unspecified atom stereocenters. The molecule has 0 saturated carbocycles. The molecule has 3 rings (SSSR count). The lowest BCUT2D eigenvalue weighted by molar-refractivity contribution is 0.136. The van der Waals surface area contributed by atoms with Gasteiger partial charge < -0.3 is 20.4 Å². The van der Waals surface area contributed by atoms with Gasteiger partial charge in [-0.15, -0.1) is 24.0 Å². The quantitative estimate of drug-likeness (QED) is 0.204. The predicted molar refractivity (Wildman–Crippen MR) is 147 cm³/mol. The SMILES string of the molecule is CCN1CCN(CCCCNC(=NC)NCC(c2ccccc2)c2ccccc2)CC1.I. The minimum atomic E-state index is 0. The van der Waals surface area contributed by atoms with Crippen molar-refractivity contribution in [3.05, 3.63) is 71.8 Å². The van der Waals surface area contributed by atoms with Gasteiger partial charge in [-0.3, -0.25) is 4.99 Å². The maximum absolute atomic E-state index is 4.43. The van der Waals surface area contributed by atoms with E-state index in [9.17, 15) is 0 Å². The Morgan fingerprint density at radius 3 is 1.94 bits per heavy atom. The van der Waals surface area contributed by atoms with Crippen molar-refractivity contribution in [1.82, 2.24) is 20.4 Å². The molecular weight excluding hydrogens is 509 g/mol. The number of hydrogen-bond donors (Lipinski definition) is 2. The third-order valence-corrected chi connectivity index (χ3v) is 6.21. The number of rotatable bonds is 10. The van der Waals surface area contributed by atoms with Crippen molar-refractivity contribution < 1.29 is 0 Å². The van der Waals surface area contributed by atoms with E-state index in [4.69, 9.17) is 0 Å². The van der Waals surface area contributed by atoms with Gasteiger partial charge in [-0.2, -0.15) is 0 Å². The Balaban J connectivity index is 0.00000363. The van der Waals surface area contributed by atoms with Crippen LogP contribution in [0.3, 0.4) is 0 Å². The van der Waals surface area contributed by atoms with E-state index in [1.54, 1.807) is 0 Å². The van der Waals surface area contributed by atoms with Crippen LogP contribution in [0.2, 0.25) is 0 Å². The van der Waals surface area contributed by atoms with Crippen LogP contribution in [-0.2, 0) is 0 Å². The van der Waals surface area contributed by atoms with Gasteiger partial charge in [-0.1, -0.05) is 67.6 Å². The normalized spacial score (nSPS) is 15.4. The highest BCUT2D eigenvalue weighted by Crippen LogP contribution is 2.23. The first-order chi connectivity index (χ1) is 15.3. The number of nitrogens with zero attached hydrogens (tertiary/aromatic N) is 3. The topological polar surface area (TPSA) is 42.9 Å². The summed E-state index contributed by atoms with van der Waals surface area (Å²) in [6.07, 6.45) is 2.39. The van der Waals surface area contributed by atoms with Crippen molar-refractivity contribution in [2.24, 2.45) is 4.99 Å². The zero-order valence-corrected chi connectivity index (χ0v) is 22.0. The van der Waals surface area contributed by atoms with Gasteiger partial charge in [0.2, 0.25) is 0 Å². The molecule has 1 aliphatic rings. The highest BCUT2D eigenvalue weighted by molar-refractivity contribution is 14.0. The molecule has 2 aromatic carbocycles. The molecule has 176 valence electrons. The van der Waals surface area contributed by atoms with Crippen molar-refractivity contribution in [3.63, 3.8) is 0 Å². The fourth-order valence-corrected chi connectivity index (χ4v) is 4.21. The Bertz CT molecular complexity index is 721. The van der Waals surface area contributed by atoms with Crippen molar-refractivity contribution in [2.45, 2.75) is 25.7 Å². The van der Waals surface area contributed by atoms with E-state index in [1.165, 1.54) is 56.8 Å². The van der Waals surface area contributed by atoms with Gasteiger partial charge in [0, 0.05) is 52.2 Å². The van der Waals surface area contributed by atoms with Gasteiger partial charge in [0.15, 0.2) is 5.96 Å². The van der Waals surface area contributed by atoms with Gasteiger partial charge >= 0.3 is 0 Å². The molecule has 6 heteroatoms. The van der Waals surface area contributed by atoms with Gasteiger partial charge in [-0.05, 0) is 37.1 Å².